The van der Waals surface area contributed by atoms with Crippen LogP contribution < -0.4 is 10.5 Å². The third-order valence-electron chi connectivity index (χ3n) is 3.21. The van der Waals surface area contributed by atoms with Gasteiger partial charge in [-0.05, 0) is 38.5 Å². The molecule has 7 heteroatoms. The lowest BCUT2D eigenvalue weighted by molar-refractivity contribution is 0.597. The van der Waals surface area contributed by atoms with Crippen LogP contribution in [-0.2, 0) is 10.0 Å². The number of hydrogen-bond donors (Lipinski definition) is 2. The van der Waals surface area contributed by atoms with Crippen molar-refractivity contribution in [3.8, 4) is 0 Å². The number of sulfonamides is 1. The maximum absolute atomic E-state index is 11.5. The number of rotatable bonds is 4. The van der Waals surface area contributed by atoms with Crippen molar-refractivity contribution in [2.75, 3.05) is 5.32 Å². The molecule has 1 heterocycles. The predicted molar refractivity (Wildman–Crippen MR) is 81.4 cm³/mol. The maximum atomic E-state index is 11.5. The first-order valence-electron chi connectivity index (χ1n) is 6.46. The second kappa shape index (κ2) is 5.79. The molecule has 0 bridgehead atoms. The topological polar surface area (TPSA) is 98.0 Å². The third kappa shape index (κ3) is 3.56. The van der Waals surface area contributed by atoms with E-state index in [-0.39, 0.29) is 10.9 Å². The van der Waals surface area contributed by atoms with Gasteiger partial charge in [0.1, 0.15) is 0 Å². The number of primary sulfonamides is 1. The molecule has 0 amide bonds. The second-order valence-electron chi connectivity index (χ2n) is 4.92. The Morgan fingerprint density at radius 1 is 1.19 bits per heavy atom. The number of nitrogens with one attached hydrogen (secondary N) is 1. The summed E-state index contributed by atoms with van der Waals surface area (Å²) in [4.78, 5) is 8.61. The number of anilines is 1. The van der Waals surface area contributed by atoms with Crippen molar-refractivity contribution in [3.63, 3.8) is 0 Å². The SMILES string of the molecule is Cc1ccc(NC(C)c2nccnc2C)cc1S(N)(=O)=O. The average molecular weight is 306 g/mol. The van der Waals surface area contributed by atoms with Crippen LogP contribution in [0.5, 0.6) is 0 Å². The van der Waals surface area contributed by atoms with Crippen LogP contribution in [0.25, 0.3) is 0 Å². The zero-order valence-electron chi connectivity index (χ0n) is 12.2. The van der Waals surface area contributed by atoms with Gasteiger partial charge in [0.05, 0.1) is 22.3 Å². The van der Waals surface area contributed by atoms with Gasteiger partial charge in [0, 0.05) is 18.1 Å². The van der Waals surface area contributed by atoms with Crippen molar-refractivity contribution in [1.29, 1.82) is 0 Å². The summed E-state index contributed by atoms with van der Waals surface area (Å²) in [5, 5.41) is 8.43. The summed E-state index contributed by atoms with van der Waals surface area (Å²) < 4.78 is 23.1. The van der Waals surface area contributed by atoms with Gasteiger partial charge in [-0.15, -0.1) is 0 Å². The highest BCUT2D eigenvalue weighted by Gasteiger charge is 2.14. The highest BCUT2D eigenvalue weighted by molar-refractivity contribution is 7.89. The molecule has 0 aliphatic heterocycles. The molecule has 1 unspecified atom stereocenters. The molecule has 1 aromatic carbocycles. The van der Waals surface area contributed by atoms with Crippen molar-refractivity contribution in [1.82, 2.24) is 9.97 Å². The van der Waals surface area contributed by atoms with Crippen molar-refractivity contribution >= 4 is 15.7 Å². The molecule has 0 saturated heterocycles. The van der Waals surface area contributed by atoms with Crippen LogP contribution in [0, 0.1) is 13.8 Å². The van der Waals surface area contributed by atoms with Gasteiger partial charge in [-0.1, -0.05) is 6.07 Å². The Morgan fingerprint density at radius 3 is 2.48 bits per heavy atom. The van der Waals surface area contributed by atoms with Gasteiger partial charge in [0.25, 0.3) is 0 Å². The number of nitrogens with zero attached hydrogens (tertiary/aromatic N) is 2. The lowest BCUT2D eigenvalue weighted by Crippen LogP contribution is -2.15. The van der Waals surface area contributed by atoms with Crippen molar-refractivity contribution < 1.29 is 8.42 Å². The minimum absolute atomic E-state index is 0.102. The summed E-state index contributed by atoms with van der Waals surface area (Å²) in [6, 6.07) is 4.96. The Bertz CT molecular complexity index is 759. The minimum atomic E-state index is -3.73. The zero-order valence-corrected chi connectivity index (χ0v) is 13.0. The van der Waals surface area contributed by atoms with E-state index in [0.29, 0.717) is 11.3 Å². The van der Waals surface area contributed by atoms with Crippen molar-refractivity contribution in [2.45, 2.75) is 31.7 Å². The van der Waals surface area contributed by atoms with Crippen LogP contribution in [0.2, 0.25) is 0 Å². The molecule has 3 N–H and O–H groups in total. The first kappa shape index (κ1) is 15.4. The van der Waals surface area contributed by atoms with Gasteiger partial charge in [-0.2, -0.15) is 0 Å². The molecular weight excluding hydrogens is 288 g/mol. The van der Waals surface area contributed by atoms with Gasteiger partial charge >= 0.3 is 0 Å². The van der Waals surface area contributed by atoms with Crippen LogP contribution in [-0.4, -0.2) is 18.4 Å². The van der Waals surface area contributed by atoms with Crippen LogP contribution >= 0.6 is 0 Å². The minimum Gasteiger partial charge on any atom is -0.377 e. The molecule has 0 aliphatic rings. The van der Waals surface area contributed by atoms with Crippen LogP contribution in [0.15, 0.2) is 35.5 Å². The molecule has 21 heavy (non-hydrogen) atoms. The average Bonchev–Trinajstić information content (AvgIpc) is 2.40. The van der Waals surface area contributed by atoms with E-state index in [1.165, 1.54) is 6.07 Å². The highest BCUT2D eigenvalue weighted by atomic mass is 32.2. The Kier molecular flexibility index (Phi) is 4.24. The van der Waals surface area contributed by atoms with E-state index >= 15 is 0 Å². The highest BCUT2D eigenvalue weighted by Crippen LogP contribution is 2.23. The zero-order chi connectivity index (χ0) is 15.6. The summed E-state index contributed by atoms with van der Waals surface area (Å²) in [5.41, 5.74) is 2.93. The Balaban J connectivity index is 2.31. The molecule has 0 fully saturated rings. The first-order valence-corrected chi connectivity index (χ1v) is 8.01. The Morgan fingerprint density at radius 2 is 1.86 bits per heavy atom. The standard InChI is InChI=1S/C14H18N4O2S/c1-9-4-5-12(8-13(9)21(15,19)20)18-11(3)14-10(2)16-6-7-17-14/h4-8,11,18H,1-3H3,(H2,15,19,20). The van der Waals surface area contributed by atoms with Gasteiger partial charge in [0.2, 0.25) is 10.0 Å². The first-order chi connectivity index (χ1) is 9.79. The summed E-state index contributed by atoms with van der Waals surface area (Å²) in [6.45, 7) is 5.53. The van der Waals surface area contributed by atoms with Crippen molar-refractivity contribution in [2.24, 2.45) is 5.14 Å². The molecule has 1 aromatic heterocycles. The molecule has 0 aliphatic carbocycles. The molecule has 2 rings (SSSR count). The quantitative estimate of drug-likeness (QED) is 0.899. The maximum Gasteiger partial charge on any atom is 0.238 e. The molecular formula is C14H18N4O2S. The summed E-state index contributed by atoms with van der Waals surface area (Å²) in [6.07, 6.45) is 3.27. The fourth-order valence-corrected chi connectivity index (χ4v) is 2.97. The molecule has 112 valence electrons. The number of aryl methyl sites for hydroxylation is 2. The third-order valence-corrected chi connectivity index (χ3v) is 4.26. The van der Waals surface area contributed by atoms with Gasteiger partial charge in [0.15, 0.2) is 0 Å². The number of hydrogen-bond acceptors (Lipinski definition) is 5. The lowest BCUT2D eigenvalue weighted by atomic mass is 10.1. The molecule has 2 aromatic rings. The summed E-state index contributed by atoms with van der Waals surface area (Å²) in [7, 11) is -3.73. The summed E-state index contributed by atoms with van der Waals surface area (Å²) >= 11 is 0. The molecule has 6 nitrogen and oxygen atoms in total. The normalized spacial score (nSPS) is 13.0. The van der Waals surface area contributed by atoms with Crippen LogP contribution in [0.3, 0.4) is 0 Å². The van der Waals surface area contributed by atoms with E-state index in [1.807, 2.05) is 19.9 Å². The fraction of sp³-hybridized carbons (Fsp3) is 0.286. The predicted octanol–water partition coefficient (Wildman–Crippen LogP) is 1.91. The molecule has 0 radical (unpaired) electrons. The monoisotopic (exact) mass is 306 g/mol. The van der Waals surface area contributed by atoms with Gasteiger partial charge < -0.3 is 5.32 Å². The van der Waals surface area contributed by atoms with E-state index in [0.717, 1.165) is 11.4 Å². The Labute approximate surface area is 124 Å². The second-order valence-corrected chi connectivity index (χ2v) is 6.45. The lowest BCUT2D eigenvalue weighted by Gasteiger charge is -2.17. The molecule has 1 atom stereocenters. The number of aromatic nitrogens is 2. The number of nitrogens with two attached hydrogens (primary N) is 1. The van der Waals surface area contributed by atoms with E-state index in [2.05, 4.69) is 15.3 Å². The largest absolute Gasteiger partial charge is 0.377 e. The van der Waals surface area contributed by atoms with E-state index in [9.17, 15) is 8.42 Å². The molecule has 0 spiro atoms. The smallest absolute Gasteiger partial charge is 0.238 e. The van der Waals surface area contributed by atoms with Gasteiger partial charge in [-0.25, -0.2) is 13.6 Å². The summed E-state index contributed by atoms with van der Waals surface area (Å²) in [5.74, 6) is 0. The molecule has 0 saturated carbocycles. The van der Waals surface area contributed by atoms with E-state index in [1.54, 1.807) is 25.4 Å². The van der Waals surface area contributed by atoms with Crippen molar-refractivity contribution in [3.05, 3.63) is 47.5 Å². The Hall–Kier alpha value is -1.99. The van der Waals surface area contributed by atoms with Crippen LogP contribution in [0.4, 0.5) is 5.69 Å². The van der Waals surface area contributed by atoms with E-state index < -0.39 is 10.0 Å². The fourth-order valence-electron chi connectivity index (χ4n) is 2.16. The number of benzene rings is 1. The van der Waals surface area contributed by atoms with E-state index in [4.69, 9.17) is 5.14 Å². The van der Waals surface area contributed by atoms with Gasteiger partial charge in [-0.3, -0.25) is 9.97 Å². The van der Waals surface area contributed by atoms with Crippen LogP contribution in [0.1, 0.15) is 29.9 Å².